The van der Waals surface area contributed by atoms with Gasteiger partial charge >= 0.3 is 6.18 Å². The summed E-state index contributed by atoms with van der Waals surface area (Å²) in [7, 11) is 0. The highest BCUT2D eigenvalue weighted by Crippen LogP contribution is 2.37. The number of alkyl halides is 6. The maximum absolute atomic E-state index is 12.5. The topological polar surface area (TPSA) is 12.9 Å². The molecule has 0 saturated heterocycles. The lowest BCUT2D eigenvalue weighted by atomic mass is 10.1. The number of pyridine rings is 1. The number of rotatable bonds is 2. The van der Waals surface area contributed by atoms with E-state index in [0.29, 0.717) is 6.07 Å². The van der Waals surface area contributed by atoms with Crippen molar-refractivity contribution < 1.29 is 22.0 Å². The van der Waals surface area contributed by atoms with Crippen molar-refractivity contribution in [3.8, 4) is 0 Å². The maximum Gasteiger partial charge on any atom is 0.416 e. The van der Waals surface area contributed by atoms with Gasteiger partial charge in [0.25, 0.3) is 6.43 Å². The van der Waals surface area contributed by atoms with Gasteiger partial charge in [0.15, 0.2) is 0 Å². The Morgan fingerprint density at radius 3 is 2.31 bits per heavy atom. The fourth-order valence-corrected chi connectivity index (χ4v) is 1.92. The van der Waals surface area contributed by atoms with E-state index < -0.39 is 34.6 Å². The van der Waals surface area contributed by atoms with E-state index in [1.807, 2.05) is 0 Å². The maximum atomic E-state index is 12.5. The lowest BCUT2D eigenvalue weighted by Crippen LogP contribution is -2.12. The smallest absolute Gasteiger partial charge is 0.235 e. The molecule has 0 N–H and O–H groups in total. The van der Waals surface area contributed by atoms with Gasteiger partial charge in [-0.25, -0.2) is 13.8 Å². The van der Waals surface area contributed by atoms with Crippen LogP contribution in [0.2, 0.25) is 5.15 Å². The van der Waals surface area contributed by atoms with E-state index in [2.05, 4.69) is 20.9 Å². The van der Waals surface area contributed by atoms with Crippen molar-refractivity contribution in [3.63, 3.8) is 0 Å². The quantitative estimate of drug-likeness (QED) is 0.440. The van der Waals surface area contributed by atoms with Crippen LogP contribution in [0.5, 0.6) is 0 Å². The summed E-state index contributed by atoms with van der Waals surface area (Å²) < 4.78 is 62.4. The Morgan fingerprint density at radius 2 is 1.94 bits per heavy atom. The summed E-state index contributed by atoms with van der Waals surface area (Å²) in [5.74, 6) is 0. The van der Waals surface area contributed by atoms with Crippen LogP contribution in [0, 0.1) is 0 Å². The molecule has 0 saturated carbocycles. The van der Waals surface area contributed by atoms with Gasteiger partial charge in [0.05, 0.1) is 5.56 Å². The van der Waals surface area contributed by atoms with Gasteiger partial charge < -0.3 is 0 Å². The monoisotopic (exact) mass is 323 g/mol. The molecular weight excluding hydrogens is 320 g/mol. The Hall–Kier alpha value is -0.430. The SMILES string of the molecule is FC(F)c1nc(Cl)cc(C(F)(F)F)c1CBr. The molecule has 0 amide bonds. The lowest BCUT2D eigenvalue weighted by Gasteiger charge is -2.14. The second kappa shape index (κ2) is 4.83. The zero-order chi connectivity index (χ0) is 12.5. The Labute approximate surface area is 101 Å². The lowest BCUT2D eigenvalue weighted by molar-refractivity contribution is -0.138. The summed E-state index contributed by atoms with van der Waals surface area (Å²) in [6.07, 6.45) is -7.84. The van der Waals surface area contributed by atoms with Crippen molar-refractivity contribution in [3.05, 3.63) is 28.0 Å². The minimum absolute atomic E-state index is 0.369. The first kappa shape index (κ1) is 13.6. The fourth-order valence-electron chi connectivity index (χ4n) is 1.13. The van der Waals surface area contributed by atoms with Gasteiger partial charge in [0, 0.05) is 10.9 Å². The van der Waals surface area contributed by atoms with E-state index >= 15 is 0 Å². The molecule has 1 heterocycles. The first-order valence-electron chi connectivity index (χ1n) is 3.88. The molecular formula is C8H4BrClF5N. The van der Waals surface area contributed by atoms with E-state index in [0.717, 1.165) is 0 Å². The van der Waals surface area contributed by atoms with Gasteiger partial charge in [-0.05, 0) is 6.07 Å². The summed E-state index contributed by atoms with van der Waals surface area (Å²) in [5.41, 5.74) is -2.73. The van der Waals surface area contributed by atoms with E-state index in [9.17, 15) is 22.0 Å². The number of nitrogens with zero attached hydrogens (tertiary/aromatic N) is 1. The Bertz CT molecular complexity index is 393. The summed E-state index contributed by atoms with van der Waals surface area (Å²) in [5, 5.41) is -0.974. The second-order valence-electron chi connectivity index (χ2n) is 2.79. The van der Waals surface area contributed by atoms with Crippen molar-refractivity contribution in [1.82, 2.24) is 4.98 Å². The Balaban J connectivity index is 3.49. The highest BCUT2D eigenvalue weighted by molar-refractivity contribution is 9.08. The van der Waals surface area contributed by atoms with Crippen LogP contribution in [0.4, 0.5) is 22.0 Å². The summed E-state index contributed by atoms with van der Waals surface area (Å²) >= 11 is 8.00. The molecule has 1 aromatic heterocycles. The van der Waals surface area contributed by atoms with Gasteiger partial charge in [0.2, 0.25) is 0 Å². The second-order valence-corrected chi connectivity index (χ2v) is 3.74. The van der Waals surface area contributed by atoms with E-state index in [1.165, 1.54) is 0 Å². The molecule has 0 unspecified atom stereocenters. The van der Waals surface area contributed by atoms with Gasteiger partial charge in [-0.3, -0.25) is 0 Å². The Morgan fingerprint density at radius 1 is 1.38 bits per heavy atom. The van der Waals surface area contributed by atoms with Gasteiger partial charge in [-0.2, -0.15) is 13.2 Å². The highest BCUT2D eigenvalue weighted by atomic mass is 79.9. The molecule has 0 radical (unpaired) electrons. The van der Waals surface area contributed by atoms with Crippen molar-refractivity contribution in [2.45, 2.75) is 17.9 Å². The van der Waals surface area contributed by atoms with Crippen LogP contribution in [-0.4, -0.2) is 4.98 Å². The molecule has 0 aliphatic carbocycles. The molecule has 0 aliphatic rings. The third-order valence-electron chi connectivity index (χ3n) is 1.77. The molecule has 16 heavy (non-hydrogen) atoms. The van der Waals surface area contributed by atoms with Crippen LogP contribution in [0.15, 0.2) is 6.07 Å². The predicted octanol–water partition coefficient (Wildman–Crippen LogP) is 4.59. The minimum atomic E-state index is -4.74. The van der Waals surface area contributed by atoms with Crippen LogP contribution >= 0.6 is 27.5 Å². The molecule has 0 spiro atoms. The predicted molar refractivity (Wildman–Crippen MR) is 51.8 cm³/mol. The van der Waals surface area contributed by atoms with Gasteiger partial charge in [-0.1, -0.05) is 27.5 Å². The van der Waals surface area contributed by atoms with E-state index in [1.54, 1.807) is 0 Å². The van der Waals surface area contributed by atoms with Crippen LogP contribution < -0.4 is 0 Å². The van der Waals surface area contributed by atoms with Gasteiger partial charge in [-0.15, -0.1) is 0 Å². The molecule has 0 atom stereocenters. The van der Waals surface area contributed by atoms with Crippen LogP contribution in [0.3, 0.4) is 0 Å². The number of hydrogen-bond acceptors (Lipinski definition) is 1. The molecule has 0 bridgehead atoms. The van der Waals surface area contributed by atoms with Crippen LogP contribution in [0.25, 0.3) is 0 Å². The van der Waals surface area contributed by atoms with Crippen molar-refractivity contribution in [2.24, 2.45) is 0 Å². The molecule has 1 rings (SSSR count). The largest absolute Gasteiger partial charge is 0.416 e. The normalized spacial score (nSPS) is 12.2. The third-order valence-corrected chi connectivity index (χ3v) is 2.53. The number of hydrogen-bond donors (Lipinski definition) is 0. The molecule has 1 aromatic rings. The zero-order valence-electron chi connectivity index (χ0n) is 7.45. The molecule has 90 valence electrons. The minimum Gasteiger partial charge on any atom is -0.235 e. The fraction of sp³-hybridized carbons (Fsp3) is 0.375. The molecule has 8 heteroatoms. The molecule has 1 nitrogen and oxygen atoms in total. The molecule has 0 aliphatic heterocycles. The summed E-state index contributed by atoms with van der Waals surface area (Å²) in [6, 6.07) is 0.532. The first-order valence-corrected chi connectivity index (χ1v) is 5.38. The van der Waals surface area contributed by atoms with Crippen molar-refractivity contribution in [1.29, 1.82) is 0 Å². The standard InChI is InChI=1S/C8H4BrClF5N/c9-2-3-4(8(13,14)15)1-5(10)16-6(3)7(11)12/h1,7H,2H2. The Kier molecular flexibility index (Phi) is 4.12. The summed E-state index contributed by atoms with van der Waals surface area (Å²) in [4.78, 5) is 3.20. The highest BCUT2D eigenvalue weighted by Gasteiger charge is 2.36. The first-order chi connectivity index (χ1) is 7.27. The van der Waals surface area contributed by atoms with E-state index in [4.69, 9.17) is 11.6 Å². The van der Waals surface area contributed by atoms with Crippen LogP contribution in [0.1, 0.15) is 23.2 Å². The molecule has 0 fully saturated rings. The zero-order valence-corrected chi connectivity index (χ0v) is 9.80. The number of halogens is 7. The summed E-state index contributed by atoms with van der Waals surface area (Å²) in [6.45, 7) is 0. The van der Waals surface area contributed by atoms with Crippen molar-refractivity contribution in [2.75, 3.05) is 0 Å². The third kappa shape index (κ3) is 2.82. The average molecular weight is 324 g/mol. The molecule has 0 aromatic carbocycles. The average Bonchev–Trinajstić information content (AvgIpc) is 2.14. The van der Waals surface area contributed by atoms with Crippen LogP contribution in [-0.2, 0) is 11.5 Å². The van der Waals surface area contributed by atoms with Crippen molar-refractivity contribution >= 4 is 27.5 Å². The number of aromatic nitrogens is 1. The van der Waals surface area contributed by atoms with E-state index in [-0.39, 0.29) is 5.33 Å². The van der Waals surface area contributed by atoms with Gasteiger partial charge in [0.1, 0.15) is 10.8 Å².